The first-order chi connectivity index (χ1) is 5.25. The van der Waals surface area contributed by atoms with Gasteiger partial charge in [0.15, 0.2) is 11.0 Å². The highest BCUT2D eigenvalue weighted by molar-refractivity contribution is 8.18. The van der Waals surface area contributed by atoms with E-state index in [0.717, 1.165) is 5.08 Å². The lowest BCUT2D eigenvalue weighted by Crippen LogP contribution is -2.32. The average Bonchev–Trinajstić information content (AvgIpc) is 2.04. The second kappa shape index (κ2) is 4.01. The van der Waals surface area contributed by atoms with Crippen LogP contribution >= 0.6 is 23.5 Å². The number of esters is 1. The number of ether oxygens (including phenoxy) is 1. The van der Waals surface area contributed by atoms with E-state index in [4.69, 9.17) is 0 Å². The Morgan fingerprint density at radius 2 is 2.45 bits per heavy atom. The van der Waals surface area contributed by atoms with Crippen LogP contribution in [0.5, 0.6) is 0 Å². The summed E-state index contributed by atoms with van der Waals surface area (Å²) in [4.78, 5) is 22.0. The Labute approximate surface area is 73.2 Å². The molecule has 1 unspecified atom stereocenters. The minimum absolute atomic E-state index is 0.0295. The third-order valence-electron chi connectivity index (χ3n) is 1.27. The summed E-state index contributed by atoms with van der Waals surface area (Å²) in [5.41, 5.74) is 0. The lowest BCUT2D eigenvalue weighted by Gasteiger charge is -2.16. The summed E-state index contributed by atoms with van der Waals surface area (Å²) in [7, 11) is 1.30. The average molecular weight is 192 g/mol. The zero-order chi connectivity index (χ0) is 8.27. The van der Waals surface area contributed by atoms with Gasteiger partial charge in [0.25, 0.3) is 0 Å². The molecule has 1 saturated heterocycles. The number of Topliss-reactive ketones (excluding diaryl/α,β-unsaturated/α-hetero) is 1. The van der Waals surface area contributed by atoms with Crippen LogP contribution in [0, 0.1) is 0 Å². The summed E-state index contributed by atoms with van der Waals surface area (Å²) in [6.45, 7) is 0. The van der Waals surface area contributed by atoms with Crippen LogP contribution in [-0.2, 0) is 14.3 Å². The monoisotopic (exact) mass is 192 g/mol. The second-order valence-corrected chi connectivity index (χ2v) is 4.45. The summed E-state index contributed by atoms with van der Waals surface area (Å²) in [5, 5.41) is 0.229. The number of hydrogen-bond donors (Lipinski definition) is 0. The standard InChI is InChI=1S/C6H8O3S2/c1-9-6(8)5-4(7)2-10-3-11-5/h5H,2-3H2,1H3. The van der Waals surface area contributed by atoms with Crippen LogP contribution in [0.2, 0.25) is 0 Å². The van der Waals surface area contributed by atoms with E-state index in [1.165, 1.54) is 18.9 Å². The van der Waals surface area contributed by atoms with E-state index in [0.29, 0.717) is 5.75 Å². The first-order valence-electron chi connectivity index (χ1n) is 3.05. The Morgan fingerprint density at radius 1 is 1.73 bits per heavy atom. The predicted octanol–water partition coefficient (Wildman–Crippen LogP) is 0.535. The minimum Gasteiger partial charge on any atom is -0.468 e. The van der Waals surface area contributed by atoms with Crippen molar-refractivity contribution in [3.63, 3.8) is 0 Å². The molecular formula is C6H8O3S2. The second-order valence-electron chi connectivity index (χ2n) is 2.00. The van der Waals surface area contributed by atoms with Crippen molar-refractivity contribution in [1.82, 2.24) is 0 Å². The quantitative estimate of drug-likeness (QED) is 0.448. The molecule has 1 aliphatic heterocycles. The maximum absolute atomic E-state index is 11.1. The van der Waals surface area contributed by atoms with Gasteiger partial charge in [-0.1, -0.05) is 0 Å². The van der Waals surface area contributed by atoms with Gasteiger partial charge in [0.1, 0.15) is 0 Å². The van der Waals surface area contributed by atoms with Gasteiger partial charge < -0.3 is 4.74 Å². The van der Waals surface area contributed by atoms with Crippen molar-refractivity contribution in [3.05, 3.63) is 0 Å². The summed E-state index contributed by atoms with van der Waals surface area (Å²) < 4.78 is 4.47. The van der Waals surface area contributed by atoms with E-state index in [2.05, 4.69) is 4.74 Å². The number of rotatable bonds is 1. The van der Waals surface area contributed by atoms with Crippen molar-refractivity contribution in [1.29, 1.82) is 0 Å². The van der Waals surface area contributed by atoms with Crippen LogP contribution in [0.1, 0.15) is 0 Å². The van der Waals surface area contributed by atoms with Crippen molar-refractivity contribution in [2.75, 3.05) is 17.9 Å². The summed E-state index contributed by atoms with van der Waals surface area (Å²) in [6, 6.07) is 0. The molecule has 0 radical (unpaired) electrons. The van der Waals surface area contributed by atoms with E-state index in [-0.39, 0.29) is 5.78 Å². The van der Waals surface area contributed by atoms with Crippen molar-refractivity contribution < 1.29 is 14.3 Å². The maximum atomic E-state index is 11.1. The molecule has 0 spiro atoms. The molecule has 1 rings (SSSR count). The van der Waals surface area contributed by atoms with Crippen molar-refractivity contribution in [2.24, 2.45) is 0 Å². The topological polar surface area (TPSA) is 43.4 Å². The number of carbonyl (C=O) groups excluding carboxylic acids is 2. The molecule has 1 atom stereocenters. The van der Waals surface area contributed by atoms with E-state index in [1.807, 2.05) is 0 Å². The fourth-order valence-corrected chi connectivity index (χ4v) is 2.97. The van der Waals surface area contributed by atoms with Crippen molar-refractivity contribution in [3.8, 4) is 0 Å². The number of carbonyl (C=O) groups is 2. The fourth-order valence-electron chi connectivity index (χ4n) is 0.734. The summed E-state index contributed by atoms with van der Waals surface area (Å²) in [6.07, 6.45) is 0. The molecule has 1 heterocycles. The number of methoxy groups -OCH3 is 1. The predicted molar refractivity (Wildman–Crippen MR) is 45.7 cm³/mol. The number of hydrogen-bond acceptors (Lipinski definition) is 5. The van der Waals surface area contributed by atoms with Gasteiger partial charge in [-0.2, -0.15) is 0 Å². The molecule has 62 valence electrons. The Bertz CT molecular complexity index is 173. The van der Waals surface area contributed by atoms with Crippen molar-refractivity contribution >= 4 is 35.3 Å². The van der Waals surface area contributed by atoms with Crippen molar-refractivity contribution in [2.45, 2.75) is 5.25 Å². The van der Waals surface area contributed by atoms with Crippen LogP contribution in [0.4, 0.5) is 0 Å². The normalized spacial score (nSPS) is 24.8. The molecule has 0 amide bonds. The van der Waals surface area contributed by atoms with Gasteiger partial charge in [0.2, 0.25) is 0 Å². The van der Waals surface area contributed by atoms with E-state index >= 15 is 0 Å². The Balaban J connectivity index is 2.54. The van der Waals surface area contributed by atoms with E-state index in [9.17, 15) is 9.59 Å². The third kappa shape index (κ3) is 2.13. The number of thioether (sulfide) groups is 2. The molecule has 0 aromatic heterocycles. The molecule has 1 aliphatic rings. The van der Waals surface area contributed by atoms with Crippen LogP contribution in [0.3, 0.4) is 0 Å². The molecule has 0 aliphatic carbocycles. The smallest absolute Gasteiger partial charge is 0.326 e. The molecular weight excluding hydrogens is 184 g/mol. The molecule has 3 nitrogen and oxygen atoms in total. The lowest BCUT2D eigenvalue weighted by molar-refractivity contribution is -0.142. The van der Waals surface area contributed by atoms with Gasteiger partial charge in [-0.05, 0) is 0 Å². The van der Waals surface area contributed by atoms with Crippen LogP contribution in [0.25, 0.3) is 0 Å². The zero-order valence-corrected chi connectivity index (χ0v) is 7.67. The first-order valence-corrected chi connectivity index (χ1v) is 5.26. The van der Waals surface area contributed by atoms with E-state index < -0.39 is 11.2 Å². The lowest BCUT2D eigenvalue weighted by atomic mass is 10.3. The number of ketones is 1. The molecule has 5 heteroatoms. The van der Waals surface area contributed by atoms with Crippen LogP contribution in [-0.4, -0.2) is 35.0 Å². The Hall–Kier alpha value is -0.160. The van der Waals surface area contributed by atoms with Gasteiger partial charge in [-0.25, -0.2) is 0 Å². The van der Waals surface area contributed by atoms with Gasteiger partial charge >= 0.3 is 5.97 Å². The Morgan fingerprint density at radius 3 is 3.00 bits per heavy atom. The van der Waals surface area contributed by atoms with E-state index in [1.54, 1.807) is 11.8 Å². The van der Waals surface area contributed by atoms with Gasteiger partial charge in [0, 0.05) is 5.08 Å². The van der Waals surface area contributed by atoms with Gasteiger partial charge in [-0.15, -0.1) is 23.5 Å². The highest BCUT2D eigenvalue weighted by Crippen LogP contribution is 2.26. The van der Waals surface area contributed by atoms with Gasteiger partial charge in [-0.3, -0.25) is 9.59 Å². The summed E-state index contributed by atoms with van der Waals surface area (Å²) in [5.74, 6) is -0.00866. The fraction of sp³-hybridized carbons (Fsp3) is 0.667. The third-order valence-corrected chi connectivity index (χ3v) is 3.76. The highest BCUT2D eigenvalue weighted by atomic mass is 32.2. The van der Waals surface area contributed by atoms with Crippen LogP contribution < -0.4 is 0 Å². The Kier molecular flexibility index (Phi) is 3.26. The SMILES string of the molecule is COC(=O)C1SCSCC1=O. The van der Waals surface area contributed by atoms with Gasteiger partial charge in [0.05, 0.1) is 12.9 Å². The first kappa shape index (κ1) is 8.93. The molecule has 0 aromatic carbocycles. The minimum atomic E-state index is -0.568. The maximum Gasteiger partial charge on any atom is 0.326 e. The molecule has 1 fully saturated rings. The summed E-state index contributed by atoms with van der Waals surface area (Å²) >= 11 is 2.88. The van der Waals surface area contributed by atoms with Crippen LogP contribution in [0.15, 0.2) is 0 Å². The molecule has 0 bridgehead atoms. The molecule has 0 aromatic rings. The molecule has 0 saturated carbocycles. The molecule has 11 heavy (non-hydrogen) atoms. The zero-order valence-electron chi connectivity index (χ0n) is 6.03. The molecule has 0 N–H and O–H groups in total. The highest BCUT2D eigenvalue weighted by Gasteiger charge is 2.30. The largest absolute Gasteiger partial charge is 0.468 e.